The van der Waals surface area contributed by atoms with Crippen molar-refractivity contribution in [2.45, 2.75) is 64.2 Å². The highest BCUT2D eigenvalue weighted by atomic mass is 35.5. The standard InChI is InChI=1S/C36H38ClFN8/c1-23(25-11-8-12-27(38)17-25)41-33-26(20-39)21-40-35-30(33)18-28(19-31(35)37)42-34(24-9-6-5-7-10-24)32-22-46(44-43-32)29-13-15-45(16-14-29)36(2,3)4/h5-12,17-19,21-23,29,34,42H,13-16H2,1-4H3,(H,40,41)/t23-,34+/m1/s1. The molecule has 1 fully saturated rings. The molecule has 6 rings (SSSR count). The van der Waals surface area contributed by atoms with E-state index in [0.29, 0.717) is 27.2 Å². The van der Waals surface area contributed by atoms with Gasteiger partial charge in [0.2, 0.25) is 0 Å². The van der Waals surface area contributed by atoms with Crippen molar-refractivity contribution in [3.05, 3.63) is 112 Å². The number of piperidine rings is 1. The van der Waals surface area contributed by atoms with Crippen LogP contribution in [0.15, 0.2) is 79.1 Å². The zero-order chi connectivity index (χ0) is 32.4. The average Bonchev–Trinajstić information content (AvgIpc) is 3.54. The Bertz CT molecular complexity index is 1870. The third-order valence-electron chi connectivity index (χ3n) is 8.81. The third kappa shape index (κ3) is 6.69. The Balaban J connectivity index is 1.33. The number of fused-ring (bicyclic) bond motifs is 1. The molecule has 10 heteroatoms. The molecular formula is C36H38ClFN8. The minimum atomic E-state index is -0.319. The summed E-state index contributed by atoms with van der Waals surface area (Å²) >= 11 is 6.83. The summed E-state index contributed by atoms with van der Waals surface area (Å²) in [5.41, 5.74) is 4.96. The molecule has 1 aliphatic heterocycles. The zero-order valence-corrected chi connectivity index (χ0v) is 27.3. The van der Waals surface area contributed by atoms with Crippen molar-refractivity contribution in [1.82, 2.24) is 24.9 Å². The van der Waals surface area contributed by atoms with Gasteiger partial charge in [0.15, 0.2) is 0 Å². The van der Waals surface area contributed by atoms with Crippen LogP contribution in [-0.2, 0) is 0 Å². The van der Waals surface area contributed by atoms with E-state index in [9.17, 15) is 9.65 Å². The highest BCUT2D eigenvalue weighted by Gasteiger charge is 2.29. The van der Waals surface area contributed by atoms with Gasteiger partial charge in [-0.1, -0.05) is 59.3 Å². The molecule has 2 aromatic heterocycles. The van der Waals surface area contributed by atoms with Gasteiger partial charge in [0.05, 0.1) is 40.1 Å². The SMILES string of the molecule is C[C@@H](Nc1c(C#N)cnc2c(Cl)cc(N[C@@H](c3ccccc3)c3cn(C4CCN(C(C)(C)C)CC4)nn3)cc12)c1cccc(F)c1. The number of pyridine rings is 1. The summed E-state index contributed by atoms with van der Waals surface area (Å²) in [5.74, 6) is -0.319. The van der Waals surface area contributed by atoms with Crippen LogP contribution in [0.25, 0.3) is 10.9 Å². The van der Waals surface area contributed by atoms with E-state index in [1.807, 2.05) is 54.2 Å². The first-order valence-electron chi connectivity index (χ1n) is 15.6. The summed E-state index contributed by atoms with van der Waals surface area (Å²) in [4.78, 5) is 7.03. The van der Waals surface area contributed by atoms with Crippen LogP contribution < -0.4 is 10.6 Å². The molecule has 0 unspecified atom stereocenters. The number of halogens is 2. The Morgan fingerprint density at radius 2 is 1.74 bits per heavy atom. The number of aromatic nitrogens is 4. The van der Waals surface area contributed by atoms with Crippen LogP contribution in [0.3, 0.4) is 0 Å². The zero-order valence-electron chi connectivity index (χ0n) is 26.5. The molecule has 2 N–H and O–H groups in total. The quantitative estimate of drug-likeness (QED) is 0.177. The minimum Gasteiger partial charge on any atom is -0.377 e. The van der Waals surface area contributed by atoms with E-state index in [-0.39, 0.29) is 29.5 Å². The molecule has 3 aromatic carbocycles. The maximum absolute atomic E-state index is 14.0. The molecule has 0 bridgehead atoms. The van der Waals surface area contributed by atoms with Gasteiger partial charge in [-0.2, -0.15) is 5.26 Å². The van der Waals surface area contributed by atoms with E-state index in [0.717, 1.165) is 48.4 Å². The predicted molar refractivity (Wildman–Crippen MR) is 181 cm³/mol. The van der Waals surface area contributed by atoms with Crippen molar-refractivity contribution in [2.24, 2.45) is 0 Å². The Morgan fingerprint density at radius 1 is 1.00 bits per heavy atom. The van der Waals surface area contributed by atoms with Crippen LogP contribution in [0.4, 0.5) is 15.8 Å². The number of nitrogens with one attached hydrogen (secondary N) is 2. The maximum Gasteiger partial charge on any atom is 0.123 e. The van der Waals surface area contributed by atoms with E-state index in [4.69, 9.17) is 11.6 Å². The van der Waals surface area contributed by atoms with Gasteiger partial charge in [-0.25, -0.2) is 9.07 Å². The van der Waals surface area contributed by atoms with Crippen molar-refractivity contribution in [1.29, 1.82) is 5.26 Å². The summed E-state index contributed by atoms with van der Waals surface area (Å²) < 4.78 is 16.0. The summed E-state index contributed by atoms with van der Waals surface area (Å²) in [7, 11) is 0. The first-order valence-corrected chi connectivity index (χ1v) is 16.0. The lowest BCUT2D eigenvalue weighted by atomic mass is 9.98. The van der Waals surface area contributed by atoms with Crippen molar-refractivity contribution in [2.75, 3.05) is 23.7 Å². The fourth-order valence-corrected chi connectivity index (χ4v) is 6.47. The van der Waals surface area contributed by atoms with Crippen LogP contribution in [0.5, 0.6) is 0 Å². The smallest absolute Gasteiger partial charge is 0.123 e. The summed E-state index contributed by atoms with van der Waals surface area (Å²) in [6.45, 7) is 10.7. The molecule has 1 saturated heterocycles. The number of benzene rings is 3. The second-order valence-electron chi connectivity index (χ2n) is 12.9. The molecule has 236 valence electrons. The normalized spacial score (nSPS) is 15.8. The van der Waals surface area contributed by atoms with Crippen LogP contribution in [0.2, 0.25) is 5.02 Å². The molecule has 0 amide bonds. The van der Waals surface area contributed by atoms with E-state index in [1.165, 1.54) is 18.3 Å². The number of hydrogen-bond donors (Lipinski definition) is 2. The van der Waals surface area contributed by atoms with Crippen molar-refractivity contribution in [3.8, 4) is 6.07 Å². The minimum absolute atomic E-state index is 0.151. The molecule has 3 heterocycles. The largest absolute Gasteiger partial charge is 0.377 e. The number of hydrogen-bond acceptors (Lipinski definition) is 7. The van der Waals surface area contributed by atoms with Gasteiger partial charge in [0.25, 0.3) is 0 Å². The van der Waals surface area contributed by atoms with E-state index >= 15 is 0 Å². The molecular weight excluding hydrogens is 599 g/mol. The Kier molecular flexibility index (Phi) is 8.94. The highest BCUT2D eigenvalue weighted by Crippen LogP contribution is 2.37. The fraction of sp³-hybridized carbons (Fsp3) is 0.333. The fourth-order valence-electron chi connectivity index (χ4n) is 6.20. The molecule has 1 aliphatic rings. The van der Waals surface area contributed by atoms with Crippen molar-refractivity contribution < 1.29 is 4.39 Å². The number of anilines is 2. The Labute approximate surface area is 274 Å². The molecule has 0 radical (unpaired) electrons. The lowest BCUT2D eigenvalue weighted by molar-refractivity contribution is 0.0866. The molecule has 2 atom stereocenters. The van der Waals surface area contributed by atoms with Gasteiger partial charge in [0.1, 0.15) is 17.6 Å². The summed E-state index contributed by atoms with van der Waals surface area (Å²) in [5, 5.41) is 27.4. The number of nitrogens with zero attached hydrogens (tertiary/aromatic N) is 6. The van der Waals surface area contributed by atoms with E-state index in [1.54, 1.807) is 6.07 Å². The molecule has 46 heavy (non-hydrogen) atoms. The highest BCUT2D eigenvalue weighted by molar-refractivity contribution is 6.35. The van der Waals surface area contributed by atoms with Gasteiger partial charge < -0.3 is 10.6 Å². The maximum atomic E-state index is 14.0. The summed E-state index contributed by atoms with van der Waals surface area (Å²) in [6, 6.07) is 22.2. The number of rotatable bonds is 8. The first kappa shape index (κ1) is 31.5. The van der Waals surface area contributed by atoms with Gasteiger partial charge >= 0.3 is 0 Å². The number of likely N-dealkylation sites (tertiary alicyclic amines) is 1. The van der Waals surface area contributed by atoms with Crippen LogP contribution in [0, 0.1) is 17.1 Å². The van der Waals surface area contributed by atoms with Gasteiger partial charge in [-0.05, 0) is 75.9 Å². The molecule has 0 saturated carbocycles. The molecule has 0 aliphatic carbocycles. The van der Waals surface area contributed by atoms with Crippen LogP contribution in [0.1, 0.15) is 81.0 Å². The summed E-state index contributed by atoms with van der Waals surface area (Å²) in [6.07, 6.45) is 5.59. The third-order valence-corrected chi connectivity index (χ3v) is 9.10. The van der Waals surface area contributed by atoms with Crippen LogP contribution >= 0.6 is 11.6 Å². The van der Waals surface area contributed by atoms with E-state index in [2.05, 4.69) is 69.8 Å². The topological polar surface area (TPSA) is 94.7 Å². The second-order valence-corrected chi connectivity index (χ2v) is 13.3. The first-order chi connectivity index (χ1) is 22.1. The Hall–Kier alpha value is -4.52. The second kappa shape index (κ2) is 13.1. The molecule has 5 aromatic rings. The van der Waals surface area contributed by atoms with Gasteiger partial charge in [0, 0.05) is 41.9 Å². The van der Waals surface area contributed by atoms with Crippen LogP contribution in [-0.4, -0.2) is 43.5 Å². The van der Waals surface area contributed by atoms with Crippen molar-refractivity contribution >= 4 is 33.9 Å². The monoisotopic (exact) mass is 636 g/mol. The van der Waals surface area contributed by atoms with Crippen molar-refractivity contribution in [3.63, 3.8) is 0 Å². The molecule has 8 nitrogen and oxygen atoms in total. The van der Waals surface area contributed by atoms with E-state index < -0.39 is 0 Å². The predicted octanol–water partition coefficient (Wildman–Crippen LogP) is 8.30. The Morgan fingerprint density at radius 3 is 2.43 bits per heavy atom. The average molecular weight is 637 g/mol. The van der Waals surface area contributed by atoms with Gasteiger partial charge in [-0.3, -0.25) is 9.88 Å². The lowest BCUT2D eigenvalue weighted by Crippen LogP contribution is -2.46. The lowest BCUT2D eigenvalue weighted by Gasteiger charge is -2.40. The molecule has 0 spiro atoms. The number of nitriles is 1. The van der Waals surface area contributed by atoms with Gasteiger partial charge in [-0.15, -0.1) is 5.10 Å².